The molecular formula is C20H16N4. The number of fused-ring (bicyclic) bond motifs is 3. The number of nitrogens with zero attached hydrogens (tertiary/aromatic N) is 4. The molecule has 0 bridgehead atoms. The number of hydrogen-bond donors (Lipinski definition) is 0. The second-order valence-corrected chi connectivity index (χ2v) is 6.14. The molecule has 2 aliphatic rings. The lowest BCUT2D eigenvalue weighted by atomic mass is 10.0. The molecule has 0 N–H and O–H groups in total. The maximum atomic E-state index is 4.53. The molecule has 4 nitrogen and oxygen atoms in total. The quantitative estimate of drug-likeness (QED) is 0.626. The van der Waals surface area contributed by atoms with Crippen molar-refractivity contribution in [3.05, 3.63) is 66.9 Å². The summed E-state index contributed by atoms with van der Waals surface area (Å²) >= 11 is 0. The van der Waals surface area contributed by atoms with Gasteiger partial charge in [-0.2, -0.15) is 0 Å². The van der Waals surface area contributed by atoms with E-state index in [1.165, 1.54) is 21.5 Å². The fourth-order valence-corrected chi connectivity index (χ4v) is 3.28. The lowest BCUT2D eigenvalue weighted by Gasteiger charge is -2.29. The molecule has 0 atom stereocenters. The summed E-state index contributed by atoms with van der Waals surface area (Å²) < 4.78 is 0. The highest BCUT2D eigenvalue weighted by atomic mass is 15.7. The van der Waals surface area contributed by atoms with Crippen molar-refractivity contribution in [3.63, 3.8) is 0 Å². The Morgan fingerprint density at radius 2 is 1.62 bits per heavy atom. The Labute approximate surface area is 140 Å². The van der Waals surface area contributed by atoms with Crippen LogP contribution >= 0.6 is 0 Å². The lowest BCUT2D eigenvalue weighted by molar-refractivity contribution is 0.540. The summed E-state index contributed by atoms with van der Waals surface area (Å²) in [7, 11) is 0. The fourth-order valence-electron chi connectivity index (χ4n) is 3.28. The third kappa shape index (κ3) is 2.00. The maximum absolute atomic E-state index is 4.53. The van der Waals surface area contributed by atoms with Crippen molar-refractivity contribution >= 4 is 38.9 Å². The van der Waals surface area contributed by atoms with Crippen LogP contribution in [-0.2, 0) is 0 Å². The Morgan fingerprint density at radius 1 is 0.875 bits per heavy atom. The topological polar surface area (TPSA) is 31.2 Å². The number of anilines is 1. The largest absolute Gasteiger partial charge is 0.257 e. The first-order valence-electron chi connectivity index (χ1n) is 8.05. The third-order valence-corrected chi connectivity index (χ3v) is 4.53. The van der Waals surface area contributed by atoms with Gasteiger partial charge in [-0.1, -0.05) is 30.3 Å². The van der Waals surface area contributed by atoms with Crippen LogP contribution in [0.15, 0.2) is 76.9 Å². The number of allylic oxidation sites excluding steroid dienone is 1. The number of hydrogen-bond acceptors (Lipinski definition) is 4. The zero-order valence-electron chi connectivity index (χ0n) is 13.3. The van der Waals surface area contributed by atoms with Crippen molar-refractivity contribution in [2.45, 2.75) is 6.92 Å². The van der Waals surface area contributed by atoms with Crippen molar-refractivity contribution in [1.82, 2.24) is 5.01 Å². The van der Waals surface area contributed by atoms with Gasteiger partial charge < -0.3 is 0 Å². The molecule has 0 unspecified atom stereocenters. The van der Waals surface area contributed by atoms with Crippen LogP contribution in [-0.4, -0.2) is 23.3 Å². The van der Waals surface area contributed by atoms with Crippen LogP contribution in [0, 0.1) is 0 Å². The van der Waals surface area contributed by atoms with Gasteiger partial charge in [0.05, 0.1) is 5.69 Å². The molecule has 0 spiro atoms. The minimum absolute atomic E-state index is 0.593. The highest BCUT2D eigenvalue weighted by Gasteiger charge is 2.25. The van der Waals surface area contributed by atoms with Gasteiger partial charge in [-0.05, 0) is 58.8 Å². The van der Waals surface area contributed by atoms with Gasteiger partial charge in [0.15, 0.2) is 0 Å². The van der Waals surface area contributed by atoms with Gasteiger partial charge in [-0.3, -0.25) is 5.01 Å². The van der Waals surface area contributed by atoms with E-state index < -0.39 is 0 Å². The molecule has 2 aliphatic heterocycles. The predicted molar refractivity (Wildman–Crippen MR) is 100 cm³/mol. The minimum atomic E-state index is 0.593. The molecule has 0 radical (unpaired) electrons. The van der Waals surface area contributed by atoms with E-state index in [4.69, 9.17) is 0 Å². The van der Waals surface area contributed by atoms with Crippen LogP contribution in [0.3, 0.4) is 0 Å². The predicted octanol–water partition coefficient (Wildman–Crippen LogP) is 4.33. The molecule has 0 saturated carbocycles. The van der Waals surface area contributed by atoms with Crippen molar-refractivity contribution in [3.8, 4) is 0 Å². The summed E-state index contributed by atoms with van der Waals surface area (Å²) in [5.41, 5.74) is 2.10. The summed E-state index contributed by atoms with van der Waals surface area (Å²) in [5, 5.41) is 9.17. The van der Waals surface area contributed by atoms with E-state index in [9.17, 15) is 0 Å². The summed E-state index contributed by atoms with van der Waals surface area (Å²) in [5.74, 6) is 0.758. The summed E-state index contributed by atoms with van der Waals surface area (Å²) in [6.45, 7) is 2.58. The molecule has 116 valence electrons. The average Bonchev–Trinajstić information content (AvgIpc) is 3.02. The van der Waals surface area contributed by atoms with Crippen molar-refractivity contribution in [2.24, 2.45) is 9.98 Å². The Morgan fingerprint density at radius 3 is 2.46 bits per heavy atom. The Bertz CT molecular complexity index is 1060. The molecular weight excluding hydrogens is 296 g/mol. The van der Waals surface area contributed by atoms with Gasteiger partial charge in [-0.15, -0.1) is 0 Å². The maximum Gasteiger partial charge on any atom is 0.246 e. The molecule has 0 aromatic heterocycles. The van der Waals surface area contributed by atoms with Gasteiger partial charge >= 0.3 is 0 Å². The smallest absolute Gasteiger partial charge is 0.246 e. The van der Waals surface area contributed by atoms with Gasteiger partial charge in [0, 0.05) is 11.9 Å². The first-order chi connectivity index (χ1) is 11.8. The molecule has 4 heteroatoms. The zero-order chi connectivity index (χ0) is 16.1. The van der Waals surface area contributed by atoms with E-state index >= 15 is 0 Å². The van der Waals surface area contributed by atoms with E-state index in [1.54, 1.807) is 0 Å². The average molecular weight is 312 g/mol. The fraction of sp³-hybridized carbons (Fsp3) is 0.100. The molecule has 0 amide bonds. The number of guanidine groups is 1. The highest BCUT2D eigenvalue weighted by Crippen LogP contribution is 2.29. The van der Waals surface area contributed by atoms with Crippen LogP contribution < -0.4 is 5.01 Å². The normalized spacial score (nSPS) is 16.5. The molecule has 3 aromatic carbocycles. The Balaban J connectivity index is 1.59. The van der Waals surface area contributed by atoms with Crippen molar-refractivity contribution in [1.29, 1.82) is 0 Å². The molecule has 0 fully saturated rings. The van der Waals surface area contributed by atoms with E-state index in [0.717, 1.165) is 17.4 Å². The van der Waals surface area contributed by atoms with E-state index in [-0.39, 0.29) is 0 Å². The molecule has 0 saturated heterocycles. The standard InChI is InChI=1S/C20H16N4/c1-14-8-9-23-20(22-14)21-13-24(23)19-7-6-17-10-15-4-2-3-5-16(15)11-18(17)12-19/h2-12H,13H2,1H3. The van der Waals surface area contributed by atoms with Crippen LogP contribution in [0.1, 0.15) is 6.92 Å². The summed E-state index contributed by atoms with van der Waals surface area (Å²) in [4.78, 5) is 9.01. The van der Waals surface area contributed by atoms with E-state index in [1.807, 2.05) is 24.2 Å². The molecule has 2 heterocycles. The zero-order valence-corrected chi connectivity index (χ0v) is 13.3. The second kappa shape index (κ2) is 4.93. The number of rotatable bonds is 1. The van der Waals surface area contributed by atoms with Crippen LogP contribution in [0.5, 0.6) is 0 Å². The number of hydrazine groups is 1. The van der Waals surface area contributed by atoms with Crippen molar-refractivity contribution in [2.75, 3.05) is 11.7 Å². The molecule has 5 rings (SSSR count). The Kier molecular flexibility index (Phi) is 2.73. The SMILES string of the molecule is CC1=NC2=NCN(c3ccc4cc5ccccc5cc4c3)N2C=C1. The van der Waals surface area contributed by atoms with Gasteiger partial charge in [0.25, 0.3) is 0 Å². The van der Waals surface area contributed by atoms with Crippen LogP contribution in [0.4, 0.5) is 5.69 Å². The summed E-state index contributed by atoms with van der Waals surface area (Å²) in [6, 6.07) is 19.5. The highest BCUT2D eigenvalue weighted by molar-refractivity contribution is 6.06. The van der Waals surface area contributed by atoms with E-state index in [0.29, 0.717) is 6.67 Å². The second-order valence-electron chi connectivity index (χ2n) is 6.14. The van der Waals surface area contributed by atoms with Crippen molar-refractivity contribution < 1.29 is 0 Å². The van der Waals surface area contributed by atoms with E-state index in [2.05, 4.69) is 69.6 Å². The molecule has 0 aliphatic carbocycles. The Hall–Kier alpha value is -3.14. The first kappa shape index (κ1) is 13.3. The molecule has 3 aromatic rings. The first-order valence-corrected chi connectivity index (χ1v) is 8.05. The van der Waals surface area contributed by atoms with Gasteiger partial charge in [0.1, 0.15) is 6.67 Å². The third-order valence-electron chi connectivity index (χ3n) is 4.53. The monoisotopic (exact) mass is 312 g/mol. The van der Waals surface area contributed by atoms with Crippen LogP contribution in [0.2, 0.25) is 0 Å². The minimum Gasteiger partial charge on any atom is -0.257 e. The molecule has 24 heavy (non-hydrogen) atoms. The summed E-state index contributed by atoms with van der Waals surface area (Å²) in [6.07, 6.45) is 4.03. The van der Waals surface area contributed by atoms with Gasteiger partial charge in [-0.25, -0.2) is 15.0 Å². The number of benzene rings is 3. The van der Waals surface area contributed by atoms with Gasteiger partial charge in [0.2, 0.25) is 5.96 Å². The number of aliphatic imine (C=N–C) groups is 2. The lowest BCUT2D eigenvalue weighted by Crippen LogP contribution is -2.38. The van der Waals surface area contributed by atoms with Crippen LogP contribution in [0.25, 0.3) is 21.5 Å².